The van der Waals surface area contributed by atoms with Gasteiger partial charge in [0, 0.05) is 12.0 Å². The highest BCUT2D eigenvalue weighted by molar-refractivity contribution is 7.12. The van der Waals surface area contributed by atoms with Crippen molar-refractivity contribution in [3.63, 3.8) is 0 Å². The Morgan fingerprint density at radius 3 is 2.80 bits per heavy atom. The predicted octanol–water partition coefficient (Wildman–Crippen LogP) is 2.44. The summed E-state index contributed by atoms with van der Waals surface area (Å²) in [7, 11) is 0. The van der Waals surface area contributed by atoms with E-state index in [0.29, 0.717) is 11.5 Å². The van der Waals surface area contributed by atoms with E-state index in [1.807, 2.05) is 5.38 Å². The second-order valence-corrected chi connectivity index (χ2v) is 3.85. The number of carbonyl (C=O) groups excluding carboxylic acids is 2. The summed E-state index contributed by atoms with van der Waals surface area (Å²) in [6, 6.07) is 3.52. The van der Waals surface area contributed by atoms with E-state index in [0.717, 1.165) is 0 Å². The maximum atomic E-state index is 11.6. The second-order valence-electron chi connectivity index (χ2n) is 2.90. The molecule has 15 heavy (non-hydrogen) atoms. The zero-order chi connectivity index (χ0) is 11.3. The van der Waals surface area contributed by atoms with Crippen LogP contribution in [0, 0.1) is 0 Å². The van der Waals surface area contributed by atoms with Gasteiger partial charge in [-0.1, -0.05) is 12.6 Å². The molecule has 0 saturated carbocycles. The topological polar surface area (TPSA) is 43.4 Å². The van der Waals surface area contributed by atoms with Gasteiger partial charge in [0.2, 0.25) is 0 Å². The predicted molar refractivity (Wildman–Crippen MR) is 59.0 cm³/mol. The third-order valence-electron chi connectivity index (χ3n) is 1.73. The van der Waals surface area contributed by atoms with Gasteiger partial charge in [0.05, 0.1) is 11.5 Å². The summed E-state index contributed by atoms with van der Waals surface area (Å²) >= 11 is 1.36. The van der Waals surface area contributed by atoms with Gasteiger partial charge < -0.3 is 4.74 Å². The van der Waals surface area contributed by atoms with Crippen molar-refractivity contribution in [3.8, 4) is 0 Å². The monoisotopic (exact) mass is 224 g/mol. The van der Waals surface area contributed by atoms with Crippen molar-refractivity contribution in [2.24, 2.45) is 0 Å². The van der Waals surface area contributed by atoms with Crippen LogP contribution in [0.3, 0.4) is 0 Å². The van der Waals surface area contributed by atoms with Gasteiger partial charge in [-0.25, -0.2) is 4.79 Å². The Morgan fingerprint density at radius 2 is 2.27 bits per heavy atom. The highest BCUT2D eigenvalue weighted by Gasteiger charge is 2.14. The molecular formula is C11H12O3S. The number of hydrogen-bond donors (Lipinski definition) is 0. The number of ether oxygens (including phenoxy) is 1. The quantitative estimate of drug-likeness (QED) is 0.438. The fraction of sp³-hybridized carbons (Fsp3) is 0.273. The van der Waals surface area contributed by atoms with Crippen molar-refractivity contribution in [1.29, 1.82) is 0 Å². The van der Waals surface area contributed by atoms with E-state index in [9.17, 15) is 9.59 Å². The first kappa shape index (κ1) is 11.7. The Morgan fingerprint density at radius 1 is 1.53 bits per heavy atom. The summed E-state index contributed by atoms with van der Waals surface area (Å²) in [5, 5.41) is 1.82. The third-order valence-corrected chi connectivity index (χ3v) is 2.64. The third kappa shape index (κ3) is 3.32. The standard InChI is InChI=1S/C11H12O3S/c1-3-14-11(13)8(2)7-9(12)10-5-4-6-15-10/h4-6H,2-3,7H2,1H3. The molecule has 0 spiro atoms. The Labute approximate surface area is 92.4 Å². The number of Topliss-reactive ketones (excluding diaryl/α,β-unsaturated/α-hetero) is 1. The lowest BCUT2D eigenvalue weighted by molar-refractivity contribution is -0.138. The van der Waals surface area contributed by atoms with Crippen LogP contribution in [-0.4, -0.2) is 18.4 Å². The van der Waals surface area contributed by atoms with Gasteiger partial charge in [0.1, 0.15) is 0 Å². The first-order chi connectivity index (χ1) is 7.15. The highest BCUT2D eigenvalue weighted by atomic mass is 32.1. The van der Waals surface area contributed by atoms with Gasteiger partial charge in [0.15, 0.2) is 5.78 Å². The zero-order valence-corrected chi connectivity index (χ0v) is 9.30. The Bertz CT molecular complexity index is 365. The van der Waals surface area contributed by atoms with Crippen molar-refractivity contribution in [1.82, 2.24) is 0 Å². The van der Waals surface area contributed by atoms with Crippen LogP contribution in [-0.2, 0) is 9.53 Å². The average molecular weight is 224 g/mol. The molecule has 0 amide bonds. The average Bonchev–Trinajstić information content (AvgIpc) is 2.70. The molecule has 0 aliphatic heterocycles. The van der Waals surface area contributed by atoms with Crippen LogP contribution in [0.4, 0.5) is 0 Å². The van der Waals surface area contributed by atoms with Crippen LogP contribution in [0.1, 0.15) is 23.0 Å². The molecule has 0 aliphatic carbocycles. The van der Waals surface area contributed by atoms with Gasteiger partial charge in [-0.2, -0.15) is 0 Å². The Balaban J connectivity index is 2.52. The molecule has 0 atom stereocenters. The fourth-order valence-corrected chi connectivity index (χ4v) is 1.69. The summed E-state index contributed by atoms with van der Waals surface area (Å²) in [5.41, 5.74) is 0.204. The van der Waals surface area contributed by atoms with Crippen LogP contribution in [0.15, 0.2) is 29.7 Å². The normalized spacial score (nSPS) is 9.67. The molecule has 0 aliphatic rings. The molecule has 0 radical (unpaired) electrons. The van der Waals surface area contributed by atoms with Gasteiger partial charge in [-0.05, 0) is 18.4 Å². The molecule has 1 heterocycles. The fourth-order valence-electron chi connectivity index (χ4n) is 1.02. The highest BCUT2D eigenvalue weighted by Crippen LogP contribution is 2.14. The van der Waals surface area contributed by atoms with Crippen LogP contribution >= 0.6 is 11.3 Å². The minimum Gasteiger partial charge on any atom is -0.463 e. The Hall–Kier alpha value is -1.42. The molecule has 3 nitrogen and oxygen atoms in total. The van der Waals surface area contributed by atoms with Crippen molar-refractivity contribution in [3.05, 3.63) is 34.5 Å². The van der Waals surface area contributed by atoms with E-state index in [-0.39, 0.29) is 17.8 Å². The molecule has 1 rings (SSSR count). The maximum Gasteiger partial charge on any atom is 0.333 e. The van der Waals surface area contributed by atoms with Crippen LogP contribution < -0.4 is 0 Å². The van der Waals surface area contributed by atoms with Crippen molar-refractivity contribution in [2.45, 2.75) is 13.3 Å². The SMILES string of the molecule is C=C(CC(=O)c1cccs1)C(=O)OCC. The molecule has 0 N–H and O–H groups in total. The lowest BCUT2D eigenvalue weighted by atomic mass is 10.1. The first-order valence-corrected chi connectivity index (χ1v) is 5.44. The summed E-state index contributed by atoms with van der Waals surface area (Å²) in [5.74, 6) is -0.592. The summed E-state index contributed by atoms with van der Waals surface area (Å²) in [4.78, 5) is 23.4. The molecule has 80 valence electrons. The smallest absolute Gasteiger partial charge is 0.333 e. The minimum absolute atomic E-state index is 0.0271. The first-order valence-electron chi connectivity index (χ1n) is 4.56. The number of rotatable bonds is 5. The zero-order valence-electron chi connectivity index (χ0n) is 8.49. The van der Waals surface area contributed by atoms with Gasteiger partial charge in [-0.3, -0.25) is 4.79 Å². The number of esters is 1. The maximum absolute atomic E-state index is 11.6. The van der Waals surface area contributed by atoms with E-state index in [2.05, 4.69) is 6.58 Å². The molecular weight excluding hydrogens is 212 g/mol. The number of thiophene rings is 1. The van der Waals surface area contributed by atoms with Crippen LogP contribution in [0.5, 0.6) is 0 Å². The number of hydrogen-bond acceptors (Lipinski definition) is 4. The van der Waals surface area contributed by atoms with Gasteiger partial charge in [-0.15, -0.1) is 11.3 Å². The lowest BCUT2D eigenvalue weighted by Gasteiger charge is -2.03. The van der Waals surface area contributed by atoms with Crippen molar-refractivity contribution >= 4 is 23.1 Å². The van der Waals surface area contributed by atoms with E-state index in [1.165, 1.54) is 11.3 Å². The van der Waals surface area contributed by atoms with E-state index in [4.69, 9.17) is 4.74 Å². The van der Waals surface area contributed by atoms with Gasteiger partial charge in [0.25, 0.3) is 0 Å². The van der Waals surface area contributed by atoms with Crippen molar-refractivity contribution in [2.75, 3.05) is 6.61 Å². The summed E-state index contributed by atoms with van der Waals surface area (Å²) < 4.78 is 4.73. The number of ketones is 1. The largest absolute Gasteiger partial charge is 0.463 e. The molecule has 0 bridgehead atoms. The van der Waals surface area contributed by atoms with Crippen molar-refractivity contribution < 1.29 is 14.3 Å². The number of carbonyl (C=O) groups is 2. The molecule has 1 aromatic heterocycles. The van der Waals surface area contributed by atoms with Crippen LogP contribution in [0.2, 0.25) is 0 Å². The molecule has 0 saturated heterocycles. The Kier molecular flexibility index (Phi) is 4.24. The summed E-state index contributed by atoms with van der Waals surface area (Å²) in [6.45, 7) is 5.54. The molecule has 0 aromatic carbocycles. The summed E-state index contributed by atoms with van der Waals surface area (Å²) in [6.07, 6.45) is 0.0271. The van der Waals surface area contributed by atoms with Gasteiger partial charge >= 0.3 is 5.97 Å². The minimum atomic E-state index is -0.498. The molecule has 0 fully saturated rings. The van der Waals surface area contributed by atoms with E-state index < -0.39 is 5.97 Å². The molecule has 4 heteroatoms. The van der Waals surface area contributed by atoms with E-state index in [1.54, 1.807) is 19.1 Å². The lowest BCUT2D eigenvalue weighted by Crippen LogP contribution is -2.10. The van der Waals surface area contributed by atoms with E-state index >= 15 is 0 Å². The second kappa shape index (κ2) is 5.46. The van der Waals surface area contributed by atoms with Crippen LogP contribution in [0.25, 0.3) is 0 Å². The molecule has 1 aromatic rings. The molecule has 0 unspecified atom stereocenters.